The monoisotopic (exact) mass is 403 g/mol. The largest absolute Gasteiger partial charge is 0.494 e. The third-order valence-corrected chi connectivity index (χ3v) is 4.68. The number of nitrogens with zero attached hydrogens (tertiary/aromatic N) is 3. The van der Waals surface area contributed by atoms with E-state index in [9.17, 15) is 20.1 Å². The van der Waals surface area contributed by atoms with E-state index in [1.165, 1.54) is 10.9 Å². The minimum Gasteiger partial charge on any atom is -0.494 e. The Morgan fingerprint density at radius 1 is 1.28 bits per heavy atom. The van der Waals surface area contributed by atoms with Crippen LogP contribution in [0.5, 0.6) is 5.75 Å². The van der Waals surface area contributed by atoms with Gasteiger partial charge in [0.1, 0.15) is 24.1 Å². The molecule has 154 valence electrons. The maximum absolute atomic E-state index is 12.2. The van der Waals surface area contributed by atoms with Gasteiger partial charge < -0.3 is 35.1 Å². The Morgan fingerprint density at radius 2 is 2.03 bits per heavy atom. The number of anilines is 2. The molecule has 1 aromatic carbocycles. The number of aromatic nitrogens is 4. The van der Waals surface area contributed by atoms with Crippen molar-refractivity contribution in [3.63, 3.8) is 0 Å². The van der Waals surface area contributed by atoms with Crippen molar-refractivity contribution < 1.29 is 24.8 Å². The Labute approximate surface area is 164 Å². The van der Waals surface area contributed by atoms with Crippen molar-refractivity contribution in [3.8, 4) is 5.75 Å². The SMILES string of the molecule is CCOc1ccc(Nc2nc3c(=O)[nH]cnc3n2[C@@H]2O[C@@H](CO)[C@@H](O)[C@@H]2O)cc1. The van der Waals surface area contributed by atoms with Gasteiger partial charge in [0.25, 0.3) is 5.56 Å². The molecule has 1 fully saturated rings. The highest BCUT2D eigenvalue weighted by Gasteiger charge is 2.45. The molecular formula is C18H21N5O6. The van der Waals surface area contributed by atoms with Crippen LogP contribution in [0.3, 0.4) is 0 Å². The van der Waals surface area contributed by atoms with Crippen LogP contribution >= 0.6 is 0 Å². The topological polar surface area (TPSA) is 155 Å². The quantitative estimate of drug-likeness (QED) is 0.379. The van der Waals surface area contributed by atoms with Crippen molar-refractivity contribution in [1.29, 1.82) is 0 Å². The lowest BCUT2D eigenvalue weighted by molar-refractivity contribution is -0.0501. The molecular weight excluding hydrogens is 382 g/mol. The molecule has 0 amide bonds. The van der Waals surface area contributed by atoms with Crippen LogP contribution < -0.4 is 15.6 Å². The van der Waals surface area contributed by atoms with Crippen molar-refractivity contribution in [1.82, 2.24) is 19.5 Å². The molecule has 3 aromatic rings. The number of imidazole rings is 1. The molecule has 2 aromatic heterocycles. The molecule has 4 atom stereocenters. The molecule has 0 saturated carbocycles. The van der Waals surface area contributed by atoms with E-state index in [-0.39, 0.29) is 17.1 Å². The van der Waals surface area contributed by atoms with E-state index in [1.807, 2.05) is 6.92 Å². The molecule has 1 aliphatic heterocycles. The summed E-state index contributed by atoms with van der Waals surface area (Å²) < 4.78 is 12.4. The zero-order chi connectivity index (χ0) is 20.5. The van der Waals surface area contributed by atoms with Crippen molar-refractivity contribution in [2.75, 3.05) is 18.5 Å². The van der Waals surface area contributed by atoms with Gasteiger partial charge in [0.15, 0.2) is 17.4 Å². The number of hydrogen-bond acceptors (Lipinski definition) is 9. The predicted molar refractivity (Wildman–Crippen MR) is 102 cm³/mol. The molecule has 0 radical (unpaired) electrons. The summed E-state index contributed by atoms with van der Waals surface area (Å²) in [6.45, 7) is 1.96. The van der Waals surface area contributed by atoms with Crippen molar-refractivity contribution >= 4 is 22.8 Å². The number of rotatable bonds is 6. The van der Waals surface area contributed by atoms with E-state index >= 15 is 0 Å². The van der Waals surface area contributed by atoms with Gasteiger partial charge in [0.05, 0.1) is 19.5 Å². The molecule has 0 unspecified atom stereocenters. The Morgan fingerprint density at radius 3 is 2.69 bits per heavy atom. The van der Waals surface area contributed by atoms with Gasteiger partial charge in [0, 0.05) is 5.69 Å². The summed E-state index contributed by atoms with van der Waals surface area (Å²) in [4.78, 5) is 23.1. The summed E-state index contributed by atoms with van der Waals surface area (Å²) in [6.07, 6.45) is -3.53. The number of ether oxygens (including phenoxy) is 2. The van der Waals surface area contributed by atoms with Gasteiger partial charge >= 0.3 is 0 Å². The highest BCUT2D eigenvalue weighted by atomic mass is 16.6. The van der Waals surface area contributed by atoms with Gasteiger partial charge in [-0.15, -0.1) is 0 Å². The first-order chi connectivity index (χ1) is 14.0. The fraction of sp³-hybridized carbons (Fsp3) is 0.389. The summed E-state index contributed by atoms with van der Waals surface area (Å²) >= 11 is 0. The summed E-state index contributed by atoms with van der Waals surface area (Å²) in [5.74, 6) is 0.885. The second-order valence-electron chi connectivity index (χ2n) is 6.52. The van der Waals surface area contributed by atoms with Crippen LogP contribution in [0.1, 0.15) is 13.2 Å². The number of hydrogen-bond donors (Lipinski definition) is 5. The Hall–Kier alpha value is -2.99. The lowest BCUT2D eigenvalue weighted by Gasteiger charge is -2.19. The molecule has 3 heterocycles. The summed E-state index contributed by atoms with van der Waals surface area (Å²) in [5, 5.41) is 33.0. The van der Waals surface area contributed by atoms with Crippen LogP contribution in [-0.2, 0) is 4.74 Å². The van der Waals surface area contributed by atoms with Gasteiger partial charge in [-0.05, 0) is 31.2 Å². The first kappa shape index (κ1) is 19.3. The average molecular weight is 403 g/mol. The minimum absolute atomic E-state index is 0.0404. The van der Waals surface area contributed by atoms with E-state index in [4.69, 9.17) is 9.47 Å². The third-order valence-electron chi connectivity index (χ3n) is 4.68. The van der Waals surface area contributed by atoms with Crippen LogP contribution in [0.15, 0.2) is 35.4 Å². The van der Waals surface area contributed by atoms with Crippen molar-refractivity contribution in [3.05, 3.63) is 40.9 Å². The summed E-state index contributed by atoms with van der Waals surface area (Å²) in [6, 6.07) is 7.08. The second-order valence-corrected chi connectivity index (χ2v) is 6.52. The number of nitrogens with one attached hydrogen (secondary N) is 2. The van der Waals surface area contributed by atoms with E-state index in [0.717, 1.165) is 0 Å². The van der Waals surface area contributed by atoms with Gasteiger partial charge in [-0.3, -0.25) is 9.36 Å². The highest BCUT2D eigenvalue weighted by Crippen LogP contribution is 2.34. The smallest absolute Gasteiger partial charge is 0.278 e. The first-order valence-corrected chi connectivity index (χ1v) is 9.11. The fourth-order valence-electron chi connectivity index (χ4n) is 3.27. The number of fused-ring (bicyclic) bond motifs is 1. The minimum atomic E-state index is -1.36. The summed E-state index contributed by atoms with van der Waals surface area (Å²) in [5.41, 5.74) is 0.388. The average Bonchev–Trinajstić information content (AvgIpc) is 3.22. The van der Waals surface area contributed by atoms with Crippen molar-refractivity contribution in [2.24, 2.45) is 0 Å². The van der Waals surface area contributed by atoms with Crippen LogP contribution in [0.2, 0.25) is 0 Å². The molecule has 29 heavy (non-hydrogen) atoms. The Bertz CT molecular complexity index is 1050. The second kappa shape index (κ2) is 7.79. The van der Waals surface area contributed by atoms with Crippen LogP contribution in [0.25, 0.3) is 11.2 Å². The predicted octanol–water partition coefficient (Wildman–Crippen LogP) is -0.127. The normalized spacial score (nSPS) is 24.1. The van der Waals surface area contributed by atoms with Gasteiger partial charge in [0.2, 0.25) is 5.95 Å². The van der Waals surface area contributed by atoms with Crippen LogP contribution in [-0.4, -0.2) is 66.4 Å². The van der Waals surface area contributed by atoms with Crippen molar-refractivity contribution in [2.45, 2.75) is 31.5 Å². The standard InChI is InChI=1S/C18H21N5O6/c1-2-28-10-5-3-9(4-6-10)21-18-22-12-15(19-8-20-16(12)27)23(18)17-14(26)13(25)11(7-24)29-17/h3-6,8,11,13-14,17,24-26H,2,7H2,1H3,(H,21,22)(H,19,20,27)/t11-,13+,14-,17+/m0/s1. The van der Waals surface area contributed by atoms with Gasteiger partial charge in [-0.1, -0.05) is 0 Å². The molecule has 11 heteroatoms. The third kappa shape index (κ3) is 3.44. The fourth-order valence-corrected chi connectivity index (χ4v) is 3.27. The number of aliphatic hydroxyl groups is 3. The van der Waals surface area contributed by atoms with E-state index < -0.39 is 36.7 Å². The maximum Gasteiger partial charge on any atom is 0.278 e. The van der Waals surface area contributed by atoms with E-state index in [2.05, 4.69) is 20.3 Å². The summed E-state index contributed by atoms with van der Waals surface area (Å²) in [7, 11) is 0. The molecule has 1 aliphatic rings. The molecule has 0 bridgehead atoms. The molecule has 4 rings (SSSR count). The van der Waals surface area contributed by atoms with Gasteiger partial charge in [-0.2, -0.15) is 0 Å². The Balaban J connectivity index is 1.76. The van der Waals surface area contributed by atoms with E-state index in [0.29, 0.717) is 18.0 Å². The lowest BCUT2D eigenvalue weighted by atomic mass is 10.1. The number of aliphatic hydroxyl groups excluding tert-OH is 3. The molecule has 5 N–H and O–H groups in total. The van der Waals surface area contributed by atoms with Crippen LogP contribution in [0.4, 0.5) is 11.6 Å². The lowest BCUT2D eigenvalue weighted by Crippen LogP contribution is -2.33. The molecule has 0 spiro atoms. The van der Waals surface area contributed by atoms with Crippen LogP contribution in [0, 0.1) is 0 Å². The molecule has 0 aliphatic carbocycles. The maximum atomic E-state index is 12.2. The number of aromatic amines is 1. The molecule has 11 nitrogen and oxygen atoms in total. The number of benzene rings is 1. The van der Waals surface area contributed by atoms with Gasteiger partial charge in [-0.25, -0.2) is 9.97 Å². The highest BCUT2D eigenvalue weighted by molar-refractivity contribution is 5.75. The number of H-pyrrole nitrogens is 1. The first-order valence-electron chi connectivity index (χ1n) is 9.11. The molecule has 1 saturated heterocycles. The van der Waals surface area contributed by atoms with E-state index in [1.54, 1.807) is 24.3 Å². The Kier molecular flexibility index (Phi) is 5.20. The zero-order valence-corrected chi connectivity index (χ0v) is 15.5. The zero-order valence-electron chi connectivity index (χ0n) is 15.5.